The van der Waals surface area contributed by atoms with Crippen molar-refractivity contribution in [1.29, 1.82) is 0 Å². The standard InChI is InChI=1S/C14H12Cl2N2O2/c1-2-20-12-7-6-9(8-10(12)15)17-14(19)11-4-3-5-13(16)18-11/h3-8H,2H2,1H3,(H,17,19). The van der Waals surface area contributed by atoms with Crippen molar-refractivity contribution in [3.63, 3.8) is 0 Å². The van der Waals surface area contributed by atoms with Crippen LogP contribution in [0, 0.1) is 0 Å². The van der Waals surface area contributed by atoms with Crippen LogP contribution in [-0.2, 0) is 0 Å². The van der Waals surface area contributed by atoms with Crippen molar-refractivity contribution in [2.24, 2.45) is 0 Å². The van der Waals surface area contributed by atoms with Crippen LogP contribution >= 0.6 is 23.2 Å². The second-order valence-corrected chi connectivity index (χ2v) is 4.67. The lowest BCUT2D eigenvalue weighted by atomic mass is 10.2. The van der Waals surface area contributed by atoms with Crippen LogP contribution in [0.2, 0.25) is 10.2 Å². The van der Waals surface area contributed by atoms with Crippen molar-refractivity contribution in [1.82, 2.24) is 4.98 Å². The second kappa shape index (κ2) is 6.59. The molecule has 104 valence electrons. The molecular weight excluding hydrogens is 299 g/mol. The van der Waals surface area contributed by atoms with Crippen molar-refractivity contribution >= 4 is 34.8 Å². The Labute approximate surface area is 126 Å². The fraction of sp³-hybridized carbons (Fsp3) is 0.143. The first-order valence-electron chi connectivity index (χ1n) is 5.96. The molecule has 4 nitrogen and oxygen atoms in total. The number of anilines is 1. The fourth-order valence-corrected chi connectivity index (χ4v) is 1.98. The molecule has 1 aromatic heterocycles. The lowest BCUT2D eigenvalue weighted by molar-refractivity contribution is 0.102. The number of benzene rings is 1. The summed E-state index contributed by atoms with van der Waals surface area (Å²) in [4.78, 5) is 15.9. The summed E-state index contributed by atoms with van der Waals surface area (Å²) in [5.41, 5.74) is 0.799. The molecule has 0 saturated carbocycles. The number of carbonyl (C=O) groups is 1. The van der Waals surface area contributed by atoms with E-state index in [2.05, 4.69) is 10.3 Å². The molecule has 0 unspecified atom stereocenters. The van der Waals surface area contributed by atoms with Crippen LogP contribution in [0.3, 0.4) is 0 Å². The molecule has 6 heteroatoms. The van der Waals surface area contributed by atoms with E-state index in [1.54, 1.807) is 36.4 Å². The fourth-order valence-electron chi connectivity index (χ4n) is 1.58. The Bertz CT molecular complexity index is 632. The van der Waals surface area contributed by atoms with E-state index < -0.39 is 0 Å². The average molecular weight is 311 g/mol. The van der Waals surface area contributed by atoms with Crippen molar-refractivity contribution in [3.8, 4) is 5.75 Å². The molecule has 1 aromatic carbocycles. The molecule has 0 aliphatic rings. The molecule has 2 rings (SSSR count). The van der Waals surface area contributed by atoms with E-state index in [9.17, 15) is 4.79 Å². The van der Waals surface area contributed by atoms with Gasteiger partial charge >= 0.3 is 0 Å². The van der Waals surface area contributed by atoms with Crippen LogP contribution in [-0.4, -0.2) is 17.5 Å². The van der Waals surface area contributed by atoms with Gasteiger partial charge in [-0.2, -0.15) is 0 Å². The van der Waals surface area contributed by atoms with Crippen molar-refractivity contribution in [3.05, 3.63) is 52.3 Å². The number of ether oxygens (including phenoxy) is 1. The molecule has 1 N–H and O–H groups in total. The number of hydrogen-bond donors (Lipinski definition) is 1. The minimum atomic E-state index is -0.354. The molecule has 0 aliphatic heterocycles. The first-order chi connectivity index (χ1) is 9.60. The van der Waals surface area contributed by atoms with Gasteiger partial charge < -0.3 is 10.1 Å². The minimum absolute atomic E-state index is 0.238. The summed E-state index contributed by atoms with van der Waals surface area (Å²) in [5, 5.41) is 3.40. The predicted molar refractivity (Wildman–Crippen MR) is 79.8 cm³/mol. The number of nitrogens with zero attached hydrogens (tertiary/aromatic N) is 1. The molecule has 0 saturated heterocycles. The van der Waals surface area contributed by atoms with Gasteiger partial charge in [0, 0.05) is 5.69 Å². The van der Waals surface area contributed by atoms with Gasteiger partial charge in [-0.15, -0.1) is 0 Å². The zero-order chi connectivity index (χ0) is 14.5. The van der Waals surface area contributed by atoms with Gasteiger partial charge in [0.05, 0.1) is 11.6 Å². The maximum atomic E-state index is 12.0. The van der Waals surface area contributed by atoms with Crippen LogP contribution in [0.4, 0.5) is 5.69 Å². The van der Waals surface area contributed by atoms with Crippen molar-refractivity contribution in [2.75, 3.05) is 11.9 Å². The Morgan fingerprint density at radius 3 is 2.75 bits per heavy atom. The van der Waals surface area contributed by atoms with E-state index in [1.165, 1.54) is 0 Å². The van der Waals surface area contributed by atoms with Crippen LogP contribution in [0.5, 0.6) is 5.75 Å². The normalized spacial score (nSPS) is 10.2. The Kier molecular flexibility index (Phi) is 4.82. The molecular formula is C14H12Cl2N2O2. The zero-order valence-electron chi connectivity index (χ0n) is 10.7. The van der Waals surface area contributed by atoms with Gasteiger partial charge in [0.25, 0.3) is 5.91 Å². The zero-order valence-corrected chi connectivity index (χ0v) is 12.2. The number of aromatic nitrogens is 1. The highest BCUT2D eigenvalue weighted by Crippen LogP contribution is 2.27. The number of amides is 1. The largest absolute Gasteiger partial charge is 0.492 e. The average Bonchev–Trinajstić information content (AvgIpc) is 2.42. The first kappa shape index (κ1) is 14.6. The Morgan fingerprint density at radius 2 is 2.10 bits per heavy atom. The number of halogens is 2. The van der Waals surface area contributed by atoms with Gasteiger partial charge in [0.1, 0.15) is 16.6 Å². The van der Waals surface area contributed by atoms with Crippen molar-refractivity contribution in [2.45, 2.75) is 6.92 Å². The Hall–Kier alpha value is -1.78. The highest BCUT2D eigenvalue weighted by atomic mass is 35.5. The lowest BCUT2D eigenvalue weighted by Crippen LogP contribution is -2.13. The van der Waals surface area contributed by atoms with Gasteiger partial charge in [0.2, 0.25) is 0 Å². The summed E-state index contributed by atoms with van der Waals surface area (Å²) < 4.78 is 5.32. The van der Waals surface area contributed by atoms with Crippen LogP contribution < -0.4 is 10.1 Å². The molecule has 0 spiro atoms. The molecule has 1 amide bonds. The molecule has 0 radical (unpaired) electrons. The van der Waals surface area contributed by atoms with Gasteiger partial charge in [-0.3, -0.25) is 4.79 Å². The van der Waals surface area contributed by atoms with Crippen LogP contribution in [0.15, 0.2) is 36.4 Å². The van der Waals surface area contributed by atoms with Crippen molar-refractivity contribution < 1.29 is 9.53 Å². The maximum absolute atomic E-state index is 12.0. The molecule has 0 aliphatic carbocycles. The first-order valence-corrected chi connectivity index (χ1v) is 6.72. The quantitative estimate of drug-likeness (QED) is 0.867. The van der Waals surface area contributed by atoms with Gasteiger partial charge in [-0.05, 0) is 37.3 Å². The lowest BCUT2D eigenvalue weighted by Gasteiger charge is -2.09. The van der Waals surface area contributed by atoms with E-state index in [4.69, 9.17) is 27.9 Å². The van der Waals surface area contributed by atoms with E-state index in [1.807, 2.05) is 6.92 Å². The molecule has 0 fully saturated rings. The molecule has 1 heterocycles. The number of hydrogen-bond acceptors (Lipinski definition) is 3. The maximum Gasteiger partial charge on any atom is 0.274 e. The smallest absolute Gasteiger partial charge is 0.274 e. The highest BCUT2D eigenvalue weighted by molar-refractivity contribution is 6.32. The third-order valence-corrected chi connectivity index (χ3v) is 2.94. The molecule has 2 aromatic rings. The molecule has 20 heavy (non-hydrogen) atoms. The van der Waals surface area contributed by atoms with Gasteiger partial charge in [-0.1, -0.05) is 29.3 Å². The van der Waals surface area contributed by atoms with Gasteiger partial charge in [0.15, 0.2) is 0 Å². The summed E-state index contributed by atoms with van der Waals surface area (Å²) in [6.07, 6.45) is 0. The predicted octanol–water partition coefficient (Wildman–Crippen LogP) is 4.04. The molecule has 0 bridgehead atoms. The van der Waals surface area contributed by atoms with E-state index in [0.29, 0.717) is 23.1 Å². The summed E-state index contributed by atoms with van der Waals surface area (Å²) in [7, 11) is 0. The summed E-state index contributed by atoms with van der Waals surface area (Å²) in [5.74, 6) is 0.223. The SMILES string of the molecule is CCOc1ccc(NC(=O)c2cccc(Cl)n2)cc1Cl. The highest BCUT2D eigenvalue weighted by Gasteiger charge is 2.09. The van der Waals surface area contributed by atoms with E-state index in [0.717, 1.165) is 0 Å². The monoisotopic (exact) mass is 310 g/mol. The topological polar surface area (TPSA) is 51.2 Å². The number of carbonyl (C=O) groups excluding carboxylic acids is 1. The summed E-state index contributed by atoms with van der Waals surface area (Å²) >= 11 is 11.8. The summed E-state index contributed by atoms with van der Waals surface area (Å²) in [6, 6.07) is 9.88. The van der Waals surface area contributed by atoms with Crippen LogP contribution in [0.1, 0.15) is 17.4 Å². The van der Waals surface area contributed by atoms with Crippen LogP contribution in [0.25, 0.3) is 0 Å². The second-order valence-electron chi connectivity index (χ2n) is 3.88. The minimum Gasteiger partial charge on any atom is -0.492 e. The number of rotatable bonds is 4. The van der Waals surface area contributed by atoms with E-state index in [-0.39, 0.29) is 16.8 Å². The summed E-state index contributed by atoms with van der Waals surface area (Å²) in [6.45, 7) is 2.40. The third-order valence-electron chi connectivity index (χ3n) is 2.44. The Balaban J connectivity index is 2.14. The Morgan fingerprint density at radius 1 is 1.30 bits per heavy atom. The van der Waals surface area contributed by atoms with Gasteiger partial charge in [-0.25, -0.2) is 4.98 Å². The molecule has 0 atom stereocenters. The number of pyridine rings is 1. The van der Waals surface area contributed by atoms with E-state index >= 15 is 0 Å². The third kappa shape index (κ3) is 3.62. The number of nitrogens with one attached hydrogen (secondary N) is 1.